The Labute approximate surface area is 249 Å². The second kappa shape index (κ2) is 17.3. The monoisotopic (exact) mass is 599 g/mol. The number of hydrogen-bond acceptors (Lipinski definition) is 8. The van der Waals surface area contributed by atoms with Crippen LogP contribution >= 0.6 is 0 Å². The van der Waals surface area contributed by atoms with E-state index < -0.39 is 11.9 Å². The molecule has 0 aliphatic rings. The maximum atomic E-state index is 10.2. The fourth-order valence-corrected chi connectivity index (χ4v) is 3.56. The summed E-state index contributed by atoms with van der Waals surface area (Å²) in [5.74, 6) is -1.78. The summed E-state index contributed by atoms with van der Waals surface area (Å²) >= 11 is 0. The van der Waals surface area contributed by atoms with E-state index in [4.69, 9.17) is 19.8 Å². The Bertz CT molecular complexity index is 1410. The zero-order chi connectivity index (χ0) is 29.7. The van der Waals surface area contributed by atoms with Crippen molar-refractivity contribution in [2.24, 2.45) is 9.98 Å². The van der Waals surface area contributed by atoms with E-state index in [0.29, 0.717) is 22.5 Å². The fourth-order valence-electron chi connectivity index (χ4n) is 3.56. The number of carbonyl (C=O) groups excluding carboxylic acids is 2. The Morgan fingerprint density at radius 2 is 1.02 bits per heavy atom. The summed E-state index contributed by atoms with van der Waals surface area (Å²) in [5.41, 5.74) is 4.97. The quantitative estimate of drug-likeness (QED) is 0.315. The molecule has 2 N–H and O–H groups in total. The van der Waals surface area contributed by atoms with Gasteiger partial charge in [0.1, 0.15) is 11.5 Å². The van der Waals surface area contributed by atoms with Gasteiger partial charge in [0.15, 0.2) is 0 Å². The van der Waals surface area contributed by atoms with E-state index in [1.54, 1.807) is 24.6 Å². The number of nitrogens with zero attached hydrogens (tertiary/aromatic N) is 2. The normalized spacial score (nSPS) is 10.3. The summed E-state index contributed by atoms with van der Waals surface area (Å²) < 4.78 is 0. The minimum absolute atomic E-state index is 0. The van der Waals surface area contributed by atoms with E-state index in [1.807, 2.05) is 60.7 Å². The van der Waals surface area contributed by atoms with Gasteiger partial charge in [0.2, 0.25) is 0 Å². The van der Waals surface area contributed by atoms with Crippen LogP contribution in [0.4, 0.5) is 11.4 Å². The average Bonchev–Trinajstić information content (AvgIpc) is 2.91. The number of carboxylic acids is 2. The Balaban J connectivity index is 0.000000830. The van der Waals surface area contributed by atoms with Crippen molar-refractivity contribution in [3.8, 4) is 11.5 Å². The van der Waals surface area contributed by atoms with E-state index in [2.05, 4.69) is 23.8 Å². The summed E-state index contributed by atoms with van der Waals surface area (Å²) in [6.07, 6.45) is 5.11. The molecule has 0 spiro atoms. The third-order valence-corrected chi connectivity index (χ3v) is 5.53. The number of aryl methyl sites for hydroxylation is 2. The number of phenolic OH excluding ortho intramolecular Hbond substituents is 2. The molecule has 0 aromatic heterocycles. The molecule has 0 heterocycles. The molecule has 9 heteroatoms. The largest absolute Gasteiger partial charge is 2.00 e. The minimum atomic E-state index is -1.08. The number of fused-ring (bicyclic) bond motifs is 1. The molecule has 1 radical (unpaired) electrons. The maximum Gasteiger partial charge on any atom is 2.00 e. The SMILES string of the molecule is CC(=O)[O-].CC(=O)[O-].CCc1ccc(O)c(C=Nc2cc3ccccc3cc2N=Cc2cc(CC)ccc2O)c1.[Co+2]. The van der Waals surface area contributed by atoms with E-state index in [9.17, 15) is 10.2 Å². The van der Waals surface area contributed by atoms with Crippen molar-refractivity contribution >= 4 is 46.5 Å². The Morgan fingerprint density at radius 1 is 0.683 bits per heavy atom. The predicted octanol–water partition coefficient (Wildman–Crippen LogP) is 4.39. The van der Waals surface area contributed by atoms with Gasteiger partial charge in [0, 0.05) is 35.5 Å². The van der Waals surface area contributed by atoms with Gasteiger partial charge in [-0.15, -0.1) is 0 Å². The summed E-state index contributed by atoms with van der Waals surface area (Å²) in [4.78, 5) is 27.1. The maximum absolute atomic E-state index is 10.2. The Kier molecular flexibility index (Phi) is 14.6. The van der Waals surface area contributed by atoms with Crippen LogP contribution in [-0.2, 0) is 39.2 Å². The zero-order valence-electron chi connectivity index (χ0n) is 23.3. The molecular formula is C32H32CoN2O6. The molecule has 0 fully saturated rings. The second-order valence-corrected chi connectivity index (χ2v) is 8.68. The van der Waals surface area contributed by atoms with Crippen molar-refractivity contribution in [3.63, 3.8) is 0 Å². The number of carbonyl (C=O) groups is 2. The van der Waals surface area contributed by atoms with Crippen LogP contribution in [0, 0.1) is 0 Å². The smallest absolute Gasteiger partial charge is 0.550 e. The summed E-state index contributed by atoms with van der Waals surface area (Å²) in [6, 6.07) is 23.1. The number of benzene rings is 4. The summed E-state index contributed by atoms with van der Waals surface area (Å²) in [5, 5.41) is 40.4. The number of phenols is 2. The Morgan fingerprint density at radius 3 is 1.34 bits per heavy atom. The predicted molar refractivity (Wildman–Crippen MR) is 155 cm³/mol. The van der Waals surface area contributed by atoms with Gasteiger partial charge in [-0.3, -0.25) is 9.98 Å². The van der Waals surface area contributed by atoms with Crippen LogP contribution < -0.4 is 10.2 Å². The molecule has 0 atom stereocenters. The molecule has 0 bridgehead atoms. The third-order valence-electron chi connectivity index (χ3n) is 5.53. The molecule has 0 saturated heterocycles. The molecule has 41 heavy (non-hydrogen) atoms. The van der Waals surface area contributed by atoms with Crippen molar-refractivity contribution in [2.75, 3.05) is 0 Å². The molecule has 0 unspecified atom stereocenters. The molecule has 0 aliphatic heterocycles. The van der Waals surface area contributed by atoms with Crippen LogP contribution in [0.2, 0.25) is 0 Å². The number of aromatic hydroxyl groups is 2. The third kappa shape index (κ3) is 11.7. The van der Waals surface area contributed by atoms with Crippen LogP contribution in [0.1, 0.15) is 49.9 Å². The molecular weight excluding hydrogens is 567 g/mol. The molecule has 4 aromatic rings. The van der Waals surface area contributed by atoms with E-state index in [0.717, 1.165) is 48.6 Å². The summed E-state index contributed by atoms with van der Waals surface area (Å²) in [7, 11) is 0. The molecule has 4 aromatic carbocycles. The number of aliphatic carboxylic acids is 2. The van der Waals surface area contributed by atoms with Crippen molar-refractivity contribution in [3.05, 3.63) is 95.1 Å². The van der Waals surface area contributed by atoms with Crippen molar-refractivity contribution in [1.29, 1.82) is 0 Å². The number of carboxylic acid groups (broad SMARTS) is 2. The molecule has 4 rings (SSSR count). The number of aliphatic imine (C=N–C) groups is 2. The van der Waals surface area contributed by atoms with Crippen molar-refractivity contribution < 1.29 is 46.8 Å². The van der Waals surface area contributed by atoms with Gasteiger partial charge in [-0.05, 0) is 85.0 Å². The van der Waals surface area contributed by atoms with Gasteiger partial charge >= 0.3 is 16.8 Å². The first-order chi connectivity index (χ1) is 19.0. The molecule has 0 aliphatic carbocycles. The molecule has 0 amide bonds. The summed E-state index contributed by atoms with van der Waals surface area (Å²) in [6.45, 7) is 6.10. The van der Waals surface area contributed by atoms with Gasteiger partial charge in [-0.25, -0.2) is 0 Å². The van der Waals surface area contributed by atoms with Gasteiger partial charge in [-0.2, -0.15) is 0 Å². The van der Waals surface area contributed by atoms with Crippen LogP contribution in [0.3, 0.4) is 0 Å². The van der Waals surface area contributed by atoms with Gasteiger partial charge in [-0.1, -0.05) is 50.2 Å². The van der Waals surface area contributed by atoms with Gasteiger partial charge < -0.3 is 30.0 Å². The van der Waals surface area contributed by atoms with Gasteiger partial charge in [0.05, 0.1) is 11.4 Å². The average molecular weight is 600 g/mol. The Hall–Kier alpha value is -4.47. The van der Waals surface area contributed by atoms with Crippen molar-refractivity contribution in [1.82, 2.24) is 0 Å². The topological polar surface area (TPSA) is 145 Å². The van der Waals surface area contributed by atoms with E-state index >= 15 is 0 Å². The van der Waals surface area contributed by atoms with Crippen molar-refractivity contribution in [2.45, 2.75) is 40.5 Å². The fraction of sp³-hybridized carbons (Fsp3) is 0.188. The second-order valence-electron chi connectivity index (χ2n) is 8.68. The van der Waals surface area contributed by atoms with Crippen LogP contribution in [0.25, 0.3) is 10.8 Å². The standard InChI is InChI=1S/C28H26N2O2.2C2H4O2.Co/c1-3-19-9-11-27(31)23(13-19)17-29-25-15-21-7-5-6-8-22(21)16-26(25)30-18-24-14-20(4-2)10-12-28(24)32;2*1-2(3)4;/h5-18,31-32H,3-4H2,1-2H3;2*1H3,(H,3,4);/q;;;+2/p-2. The number of hydrogen-bond donors (Lipinski definition) is 2. The first-order valence-corrected chi connectivity index (χ1v) is 12.6. The molecule has 0 saturated carbocycles. The van der Waals surface area contributed by atoms with E-state index in [-0.39, 0.29) is 28.3 Å². The van der Waals surface area contributed by atoms with Crippen LogP contribution in [-0.4, -0.2) is 34.6 Å². The minimum Gasteiger partial charge on any atom is -0.550 e. The first-order valence-electron chi connectivity index (χ1n) is 12.6. The van der Waals surface area contributed by atoms with Crippen LogP contribution in [0.5, 0.6) is 11.5 Å². The molecule has 215 valence electrons. The number of rotatable bonds is 6. The first kappa shape index (κ1) is 34.6. The van der Waals surface area contributed by atoms with E-state index in [1.165, 1.54) is 0 Å². The zero-order valence-corrected chi connectivity index (χ0v) is 24.3. The van der Waals surface area contributed by atoms with Crippen LogP contribution in [0.15, 0.2) is 82.8 Å². The molecule has 8 nitrogen and oxygen atoms in total. The van der Waals surface area contributed by atoms with Gasteiger partial charge in [0.25, 0.3) is 0 Å².